The first-order chi connectivity index (χ1) is 6.95. The summed E-state index contributed by atoms with van der Waals surface area (Å²) in [5, 5.41) is 0. The van der Waals surface area contributed by atoms with Crippen molar-refractivity contribution in [2.24, 2.45) is 0 Å². The number of benzene rings is 1. The molecule has 0 spiro atoms. The largest absolute Gasteiger partial charge is 0.371 e. The first-order valence-corrected chi connectivity index (χ1v) is 5.86. The summed E-state index contributed by atoms with van der Waals surface area (Å²) in [6.45, 7) is 3.59. The molecule has 0 aromatic heterocycles. The van der Waals surface area contributed by atoms with Gasteiger partial charge in [-0.3, -0.25) is 4.79 Å². The molecule has 0 N–H and O–H groups in total. The van der Waals surface area contributed by atoms with Crippen LogP contribution in [0.1, 0.15) is 19.4 Å². The highest BCUT2D eigenvalue weighted by molar-refractivity contribution is 14.1. The summed E-state index contributed by atoms with van der Waals surface area (Å²) < 4.78 is 6.32. The van der Waals surface area contributed by atoms with E-state index >= 15 is 0 Å². The average Bonchev–Trinajstić information content (AvgIpc) is 2.21. The molecule has 1 aromatic rings. The predicted molar refractivity (Wildman–Crippen MR) is 69.0 cm³/mol. The fourth-order valence-electron chi connectivity index (χ4n) is 1.11. The maximum Gasteiger partial charge on any atom is 0.168 e. The number of carbonyl (C=O) groups excluding carboxylic acids is 1. The molecule has 82 valence electrons. The zero-order valence-electron chi connectivity index (χ0n) is 9.21. The molecule has 0 bridgehead atoms. The molecule has 0 saturated carbocycles. The van der Waals surface area contributed by atoms with Gasteiger partial charge in [-0.2, -0.15) is 0 Å². The second-order valence-corrected chi connectivity index (χ2v) is 5.19. The number of ether oxygens (including phenoxy) is 1. The van der Waals surface area contributed by atoms with Crippen LogP contribution in [0.3, 0.4) is 0 Å². The van der Waals surface area contributed by atoms with E-state index in [1.54, 1.807) is 21.0 Å². The van der Waals surface area contributed by atoms with Gasteiger partial charge in [0.2, 0.25) is 0 Å². The van der Waals surface area contributed by atoms with Gasteiger partial charge in [0.25, 0.3) is 0 Å². The second-order valence-electron chi connectivity index (χ2n) is 3.94. The molecule has 0 amide bonds. The lowest BCUT2D eigenvalue weighted by atomic mass is 9.97. The van der Waals surface area contributed by atoms with Gasteiger partial charge in [0.1, 0.15) is 5.60 Å². The van der Waals surface area contributed by atoms with Crippen LogP contribution >= 0.6 is 22.6 Å². The van der Waals surface area contributed by atoms with Gasteiger partial charge < -0.3 is 4.74 Å². The Morgan fingerprint density at radius 2 is 1.87 bits per heavy atom. The summed E-state index contributed by atoms with van der Waals surface area (Å²) in [6.07, 6.45) is 0.428. The maximum absolute atomic E-state index is 11.8. The first kappa shape index (κ1) is 12.6. The molecule has 0 fully saturated rings. The molecule has 1 rings (SSSR count). The Bertz CT molecular complexity index is 341. The predicted octanol–water partition coefficient (Wildman–Crippen LogP) is 2.83. The smallest absolute Gasteiger partial charge is 0.168 e. The van der Waals surface area contributed by atoms with Crippen molar-refractivity contribution in [2.75, 3.05) is 7.11 Å². The van der Waals surface area contributed by atoms with Crippen molar-refractivity contribution in [3.05, 3.63) is 33.4 Å². The van der Waals surface area contributed by atoms with Crippen molar-refractivity contribution < 1.29 is 9.53 Å². The molecule has 0 heterocycles. The molecule has 0 atom stereocenters. The molecule has 1 aromatic carbocycles. The summed E-state index contributed by atoms with van der Waals surface area (Å²) in [5.74, 6) is 0.103. The van der Waals surface area contributed by atoms with E-state index in [0.717, 1.165) is 5.56 Å². The van der Waals surface area contributed by atoms with E-state index in [2.05, 4.69) is 22.6 Å². The molecule has 0 radical (unpaired) electrons. The summed E-state index contributed by atoms with van der Waals surface area (Å²) in [4.78, 5) is 11.8. The Morgan fingerprint density at radius 1 is 1.33 bits per heavy atom. The molecule has 0 aliphatic rings. The molecule has 0 aliphatic carbocycles. The van der Waals surface area contributed by atoms with Crippen LogP contribution in [0.2, 0.25) is 0 Å². The Balaban J connectivity index is 2.71. The zero-order chi connectivity index (χ0) is 11.5. The number of hydrogen-bond acceptors (Lipinski definition) is 2. The van der Waals surface area contributed by atoms with E-state index in [1.807, 2.05) is 24.3 Å². The Hall–Kier alpha value is -0.420. The normalized spacial score (nSPS) is 11.5. The third-order valence-electron chi connectivity index (χ3n) is 2.46. The van der Waals surface area contributed by atoms with E-state index in [4.69, 9.17) is 4.74 Å². The highest BCUT2D eigenvalue weighted by Crippen LogP contribution is 2.14. The molecule has 2 nitrogen and oxygen atoms in total. The van der Waals surface area contributed by atoms with Crippen molar-refractivity contribution >= 4 is 28.4 Å². The van der Waals surface area contributed by atoms with Crippen molar-refractivity contribution in [1.29, 1.82) is 0 Å². The van der Waals surface area contributed by atoms with Crippen LogP contribution in [0.25, 0.3) is 0 Å². The van der Waals surface area contributed by atoms with Crippen molar-refractivity contribution in [2.45, 2.75) is 25.9 Å². The topological polar surface area (TPSA) is 26.3 Å². The van der Waals surface area contributed by atoms with Crippen molar-refractivity contribution in [3.63, 3.8) is 0 Å². The summed E-state index contributed by atoms with van der Waals surface area (Å²) in [5.41, 5.74) is 0.341. The van der Waals surface area contributed by atoms with Gasteiger partial charge in [-0.15, -0.1) is 0 Å². The summed E-state index contributed by atoms with van der Waals surface area (Å²) in [6, 6.07) is 7.96. The lowest BCUT2D eigenvalue weighted by molar-refractivity contribution is -0.136. The summed E-state index contributed by atoms with van der Waals surface area (Å²) in [7, 11) is 1.56. The fraction of sp³-hybridized carbons (Fsp3) is 0.417. The minimum absolute atomic E-state index is 0.103. The van der Waals surface area contributed by atoms with Crippen LogP contribution in [0.4, 0.5) is 0 Å². The number of rotatable bonds is 4. The lowest BCUT2D eigenvalue weighted by Crippen LogP contribution is -2.35. The number of halogens is 1. The number of Topliss-reactive ketones (excluding diaryl/α,β-unsaturated/α-hetero) is 1. The van der Waals surface area contributed by atoms with Crippen LogP contribution in [0.15, 0.2) is 24.3 Å². The van der Waals surface area contributed by atoms with Gasteiger partial charge in [0.15, 0.2) is 5.78 Å². The lowest BCUT2D eigenvalue weighted by Gasteiger charge is -2.21. The van der Waals surface area contributed by atoms with Gasteiger partial charge >= 0.3 is 0 Å². The monoisotopic (exact) mass is 318 g/mol. The van der Waals surface area contributed by atoms with Gasteiger partial charge in [0.05, 0.1) is 0 Å². The quantitative estimate of drug-likeness (QED) is 0.798. The van der Waals surface area contributed by atoms with E-state index in [9.17, 15) is 4.79 Å². The summed E-state index contributed by atoms with van der Waals surface area (Å²) >= 11 is 2.24. The van der Waals surface area contributed by atoms with Crippen LogP contribution < -0.4 is 0 Å². The number of ketones is 1. The third-order valence-corrected chi connectivity index (χ3v) is 3.18. The molecule has 0 aliphatic heterocycles. The minimum Gasteiger partial charge on any atom is -0.371 e. The Kier molecular flexibility index (Phi) is 4.28. The highest BCUT2D eigenvalue weighted by atomic mass is 127. The van der Waals surface area contributed by atoms with Crippen LogP contribution in [0.5, 0.6) is 0 Å². The molecule has 15 heavy (non-hydrogen) atoms. The van der Waals surface area contributed by atoms with Gasteiger partial charge in [0, 0.05) is 17.1 Å². The molecule has 3 heteroatoms. The Morgan fingerprint density at radius 3 is 2.33 bits per heavy atom. The number of hydrogen-bond donors (Lipinski definition) is 0. The van der Waals surface area contributed by atoms with E-state index in [-0.39, 0.29) is 5.78 Å². The van der Waals surface area contributed by atoms with Gasteiger partial charge in [-0.05, 0) is 54.1 Å². The van der Waals surface area contributed by atoms with Crippen LogP contribution in [-0.4, -0.2) is 18.5 Å². The van der Waals surface area contributed by atoms with Crippen molar-refractivity contribution in [1.82, 2.24) is 0 Å². The van der Waals surface area contributed by atoms with Gasteiger partial charge in [-0.1, -0.05) is 12.1 Å². The SMILES string of the molecule is COC(C)(C)C(=O)Cc1ccc(I)cc1. The molecular formula is C12H15IO2. The fourth-order valence-corrected chi connectivity index (χ4v) is 1.47. The van der Waals surface area contributed by atoms with E-state index < -0.39 is 5.60 Å². The van der Waals surface area contributed by atoms with Crippen molar-refractivity contribution in [3.8, 4) is 0 Å². The van der Waals surface area contributed by atoms with E-state index in [0.29, 0.717) is 6.42 Å². The van der Waals surface area contributed by atoms with Crippen LogP contribution in [-0.2, 0) is 16.0 Å². The standard InChI is InChI=1S/C12H15IO2/c1-12(2,15-3)11(14)8-9-4-6-10(13)7-5-9/h4-7H,8H2,1-3H3. The highest BCUT2D eigenvalue weighted by Gasteiger charge is 2.26. The second kappa shape index (κ2) is 5.07. The molecular weight excluding hydrogens is 303 g/mol. The number of methoxy groups -OCH3 is 1. The Labute approximate surface area is 104 Å². The first-order valence-electron chi connectivity index (χ1n) is 4.78. The van der Waals surface area contributed by atoms with Gasteiger partial charge in [-0.25, -0.2) is 0 Å². The minimum atomic E-state index is -0.691. The maximum atomic E-state index is 11.8. The average molecular weight is 318 g/mol. The zero-order valence-corrected chi connectivity index (χ0v) is 11.4. The molecule has 0 saturated heterocycles. The third kappa shape index (κ3) is 3.57. The number of carbonyl (C=O) groups is 1. The van der Waals surface area contributed by atoms with Crippen LogP contribution in [0, 0.1) is 3.57 Å². The van der Waals surface area contributed by atoms with E-state index in [1.165, 1.54) is 3.57 Å². The molecule has 0 unspecified atom stereocenters.